The van der Waals surface area contributed by atoms with Gasteiger partial charge in [0.25, 0.3) is 0 Å². The zero-order chi connectivity index (χ0) is 18.4. The van der Waals surface area contributed by atoms with Crippen molar-refractivity contribution in [2.24, 2.45) is 0 Å². The second-order valence-electron chi connectivity index (χ2n) is 7.25. The molecule has 0 aromatic rings. The van der Waals surface area contributed by atoms with Crippen LogP contribution in [0.4, 0.5) is 0 Å². The summed E-state index contributed by atoms with van der Waals surface area (Å²) in [6.45, 7) is 13.5. The van der Waals surface area contributed by atoms with Gasteiger partial charge in [0.1, 0.15) is 0 Å². The van der Waals surface area contributed by atoms with Gasteiger partial charge < -0.3 is 14.4 Å². The minimum atomic E-state index is 0.741. The van der Waals surface area contributed by atoms with E-state index in [-0.39, 0.29) is 0 Å². The molecule has 0 amide bonds. The third-order valence-electron chi connectivity index (χ3n) is 4.72. The van der Waals surface area contributed by atoms with Gasteiger partial charge in [0.05, 0.1) is 19.8 Å². The van der Waals surface area contributed by atoms with Gasteiger partial charge in [-0.15, -0.1) is 0 Å². The Hall–Kier alpha value is -0.120. The first-order chi connectivity index (χ1) is 12.3. The highest BCUT2D eigenvalue weighted by Gasteiger charge is 2.05. The molecule has 152 valence electrons. The number of ether oxygens (including phenoxy) is 2. The van der Waals surface area contributed by atoms with Crippen molar-refractivity contribution in [3.05, 3.63) is 0 Å². The van der Waals surface area contributed by atoms with Crippen LogP contribution in [-0.4, -0.2) is 51.0 Å². The summed E-state index contributed by atoms with van der Waals surface area (Å²) in [5.74, 6) is 0. The molecular weight excluding hydrogens is 310 g/mol. The predicted octanol–water partition coefficient (Wildman–Crippen LogP) is 6.06. The molecule has 0 spiro atoms. The number of hydrogen-bond donors (Lipinski definition) is 0. The lowest BCUT2D eigenvalue weighted by Gasteiger charge is -2.22. The van der Waals surface area contributed by atoms with Crippen LogP contribution >= 0.6 is 0 Å². The van der Waals surface area contributed by atoms with E-state index >= 15 is 0 Å². The van der Waals surface area contributed by atoms with Crippen molar-refractivity contribution in [1.29, 1.82) is 0 Å². The topological polar surface area (TPSA) is 21.7 Å². The molecule has 0 aromatic heterocycles. The van der Waals surface area contributed by atoms with Crippen molar-refractivity contribution in [2.75, 3.05) is 46.1 Å². The van der Waals surface area contributed by atoms with Crippen LogP contribution in [0.2, 0.25) is 0 Å². The normalized spacial score (nSPS) is 11.5. The molecule has 3 nitrogen and oxygen atoms in total. The van der Waals surface area contributed by atoms with Gasteiger partial charge in [0.15, 0.2) is 0 Å². The second-order valence-corrected chi connectivity index (χ2v) is 7.25. The molecule has 0 N–H and O–H groups in total. The fourth-order valence-corrected chi connectivity index (χ4v) is 2.98. The molecule has 25 heavy (non-hydrogen) atoms. The predicted molar refractivity (Wildman–Crippen MR) is 111 cm³/mol. The number of rotatable bonds is 21. The smallest absolute Gasteiger partial charge is 0.0701 e. The Kier molecular flexibility index (Phi) is 21.8. The van der Waals surface area contributed by atoms with Crippen molar-refractivity contribution >= 4 is 0 Å². The average Bonchev–Trinajstić information content (AvgIpc) is 2.62. The van der Waals surface area contributed by atoms with Crippen molar-refractivity contribution in [3.8, 4) is 0 Å². The summed E-state index contributed by atoms with van der Waals surface area (Å²) in [4.78, 5) is 2.62. The maximum atomic E-state index is 5.77. The summed E-state index contributed by atoms with van der Waals surface area (Å²) < 4.78 is 11.3. The summed E-state index contributed by atoms with van der Waals surface area (Å²) in [6, 6.07) is 0. The average molecular weight is 358 g/mol. The van der Waals surface area contributed by atoms with Crippen LogP contribution in [0.5, 0.6) is 0 Å². The molecule has 0 saturated carbocycles. The Balaban J connectivity index is 3.71. The highest BCUT2D eigenvalue weighted by atomic mass is 16.5. The summed E-state index contributed by atoms with van der Waals surface area (Å²) in [5, 5.41) is 0. The number of hydrogen-bond acceptors (Lipinski definition) is 3. The molecule has 0 aliphatic rings. The molecule has 0 radical (unpaired) electrons. The Morgan fingerprint density at radius 3 is 1.44 bits per heavy atom. The highest BCUT2D eigenvalue weighted by Crippen LogP contribution is 2.07. The van der Waals surface area contributed by atoms with Crippen LogP contribution < -0.4 is 0 Å². The lowest BCUT2D eigenvalue weighted by molar-refractivity contribution is 0.0374. The number of nitrogens with zero attached hydrogens (tertiary/aromatic N) is 1. The van der Waals surface area contributed by atoms with Crippen LogP contribution in [0.25, 0.3) is 0 Å². The minimum Gasteiger partial charge on any atom is -0.379 e. The molecular formula is C22H47NO2. The first-order valence-corrected chi connectivity index (χ1v) is 11.2. The van der Waals surface area contributed by atoms with Crippen molar-refractivity contribution in [3.63, 3.8) is 0 Å². The molecule has 0 heterocycles. The standard InChI is InChI=1S/C22H47NO2/c1-4-7-10-12-14-16-23(17-15-13-11-8-5-2)18-20-25-22-21-24-19-9-6-3/h4-22H2,1-3H3. The molecule has 0 rings (SSSR count). The Morgan fingerprint density at radius 1 is 0.440 bits per heavy atom. The van der Waals surface area contributed by atoms with Gasteiger partial charge in [-0.1, -0.05) is 78.6 Å². The van der Waals surface area contributed by atoms with Crippen LogP contribution in [0.1, 0.15) is 97.8 Å². The van der Waals surface area contributed by atoms with Crippen LogP contribution in [0, 0.1) is 0 Å². The van der Waals surface area contributed by atoms with Crippen molar-refractivity contribution in [1.82, 2.24) is 4.90 Å². The van der Waals surface area contributed by atoms with E-state index in [2.05, 4.69) is 25.7 Å². The number of unbranched alkanes of at least 4 members (excludes halogenated alkanes) is 9. The SMILES string of the molecule is CCCCCCCN(CCCCCCC)CCOCCOCCCC. The zero-order valence-electron chi connectivity index (χ0n) is 17.7. The van der Waals surface area contributed by atoms with E-state index < -0.39 is 0 Å². The van der Waals surface area contributed by atoms with Gasteiger partial charge in [0.2, 0.25) is 0 Å². The molecule has 0 aliphatic carbocycles. The van der Waals surface area contributed by atoms with Gasteiger partial charge in [0, 0.05) is 13.2 Å². The largest absolute Gasteiger partial charge is 0.379 e. The molecule has 0 atom stereocenters. The summed E-state index contributed by atoms with van der Waals surface area (Å²) >= 11 is 0. The first kappa shape index (κ1) is 24.9. The van der Waals surface area contributed by atoms with Gasteiger partial charge >= 0.3 is 0 Å². The molecule has 0 unspecified atom stereocenters. The monoisotopic (exact) mass is 357 g/mol. The minimum absolute atomic E-state index is 0.741. The van der Waals surface area contributed by atoms with E-state index in [1.54, 1.807) is 0 Å². The Bertz CT molecular complexity index is 222. The van der Waals surface area contributed by atoms with E-state index in [9.17, 15) is 0 Å². The van der Waals surface area contributed by atoms with E-state index in [0.29, 0.717) is 0 Å². The second kappa shape index (κ2) is 21.9. The van der Waals surface area contributed by atoms with E-state index in [1.807, 2.05) is 0 Å². The van der Waals surface area contributed by atoms with Gasteiger partial charge in [-0.05, 0) is 32.4 Å². The maximum absolute atomic E-state index is 5.77. The molecule has 0 saturated heterocycles. The lowest BCUT2D eigenvalue weighted by Crippen LogP contribution is -2.30. The van der Waals surface area contributed by atoms with Gasteiger partial charge in [-0.3, -0.25) is 0 Å². The molecule has 0 fully saturated rings. The lowest BCUT2D eigenvalue weighted by atomic mass is 10.1. The van der Waals surface area contributed by atoms with Crippen molar-refractivity contribution < 1.29 is 9.47 Å². The summed E-state index contributed by atoms with van der Waals surface area (Å²) in [5.41, 5.74) is 0. The van der Waals surface area contributed by atoms with Crippen molar-refractivity contribution in [2.45, 2.75) is 97.8 Å². The zero-order valence-corrected chi connectivity index (χ0v) is 17.7. The highest BCUT2D eigenvalue weighted by molar-refractivity contribution is 4.59. The first-order valence-electron chi connectivity index (χ1n) is 11.2. The molecule has 3 heteroatoms. The fourth-order valence-electron chi connectivity index (χ4n) is 2.98. The summed E-state index contributed by atoms with van der Waals surface area (Å²) in [7, 11) is 0. The van der Waals surface area contributed by atoms with E-state index in [0.717, 1.165) is 39.4 Å². The maximum Gasteiger partial charge on any atom is 0.0701 e. The van der Waals surface area contributed by atoms with Crippen LogP contribution in [0.3, 0.4) is 0 Å². The Morgan fingerprint density at radius 2 is 0.920 bits per heavy atom. The molecule has 0 bridgehead atoms. The third-order valence-corrected chi connectivity index (χ3v) is 4.72. The van der Waals surface area contributed by atoms with Crippen LogP contribution in [0.15, 0.2) is 0 Å². The van der Waals surface area contributed by atoms with E-state index in [1.165, 1.54) is 83.7 Å². The van der Waals surface area contributed by atoms with Gasteiger partial charge in [-0.2, -0.15) is 0 Å². The Labute approximate surface area is 158 Å². The van der Waals surface area contributed by atoms with Gasteiger partial charge in [-0.25, -0.2) is 0 Å². The summed E-state index contributed by atoms with van der Waals surface area (Å²) in [6.07, 6.45) is 16.0. The third kappa shape index (κ3) is 20.0. The molecule has 0 aliphatic heterocycles. The van der Waals surface area contributed by atoms with E-state index in [4.69, 9.17) is 9.47 Å². The quantitative estimate of drug-likeness (QED) is 0.233. The molecule has 0 aromatic carbocycles. The fraction of sp³-hybridized carbons (Fsp3) is 1.00. The van der Waals surface area contributed by atoms with Crippen LogP contribution in [-0.2, 0) is 9.47 Å².